The Morgan fingerprint density at radius 1 is 1.47 bits per heavy atom. The molecule has 0 saturated heterocycles. The van der Waals surface area contributed by atoms with Gasteiger partial charge in [-0.3, -0.25) is 4.52 Å². The van der Waals surface area contributed by atoms with Gasteiger partial charge >= 0.3 is 7.82 Å². The molecule has 0 aliphatic heterocycles. The number of aliphatic hydroxyl groups is 2. The molecule has 7 nitrogen and oxygen atoms in total. The van der Waals surface area contributed by atoms with Crippen molar-refractivity contribution in [2.45, 2.75) is 25.1 Å². The summed E-state index contributed by atoms with van der Waals surface area (Å²) >= 11 is 0. The van der Waals surface area contributed by atoms with E-state index in [1.54, 1.807) is 0 Å². The standard InChI is InChI=1S/C6H14BO7P/c1-4(9)6(7)14-5(2-8)3-13-15(10,11)12/h4-6,8-9H,2-3H2,1H3,(H2,10,11,12)/t4-,5-,6+/m0/s1. The number of ether oxygens (including phenoxy) is 1. The fourth-order valence-electron chi connectivity index (χ4n) is 0.651. The van der Waals surface area contributed by atoms with E-state index < -0.39 is 39.2 Å². The minimum Gasteiger partial charge on any atom is -0.394 e. The Balaban J connectivity index is 3.98. The lowest BCUT2D eigenvalue weighted by Gasteiger charge is -2.23. The second-order valence-electron chi connectivity index (χ2n) is 2.93. The summed E-state index contributed by atoms with van der Waals surface area (Å²) in [5.74, 6) is 0. The van der Waals surface area contributed by atoms with Crippen molar-refractivity contribution >= 4 is 15.7 Å². The summed E-state index contributed by atoms with van der Waals surface area (Å²) in [6.45, 7) is 0.338. The van der Waals surface area contributed by atoms with Crippen molar-refractivity contribution in [1.82, 2.24) is 0 Å². The average Bonchev–Trinajstić information content (AvgIpc) is 2.10. The quantitative estimate of drug-likeness (QED) is 0.311. The lowest BCUT2D eigenvalue weighted by molar-refractivity contribution is -0.0674. The van der Waals surface area contributed by atoms with Crippen LogP contribution in [0.15, 0.2) is 0 Å². The zero-order chi connectivity index (χ0) is 12.1. The second kappa shape index (κ2) is 6.60. The first kappa shape index (κ1) is 15.1. The van der Waals surface area contributed by atoms with Crippen LogP contribution >= 0.6 is 7.82 Å². The number of rotatable bonds is 7. The highest BCUT2D eigenvalue weighted by Crippen LogP contribution is 2.35. The Hall–Kier alpha value is 0.0549. The molecule has 0 aliphatic rings. The molecule has 0 rings (SSSR count). The number of phosphoric ester groups is 1. The minimum atomic E-state index is -4.59. The summed E-state index contributed by atoms with van der Waals surface area (Å²) in [6, 6.07) is -1.05. The van der Waals surface area contributed by atoms with Crippen molar-refractivity contribution in [2.75, 3.05) is 13.2 Å². The van der Waals surface area contributed by atoms with Crippen molar-refractivity contribution < 1.29 is 33.8 Å². The van der Waals surface area contributed by atoms with E-state index in [0.29, 0.717) is 0 Å². The van der Waals surface area contributed by atoms with E-state index in [0.717, 1.165) is 0 Å². The molecule has 4 N–H and O–H groups in total. The fraction of sp³-hybridized carbons (Fsp3) is 1.00. The highest BCUT2D eigenvalue weighted by molar-refractivity contribution is 7.46. The molecule has 9 heteroatoms. The number of hydrogen-bond acceptors (Lipinski definition) is 5. The highest BCUT2D eigenvalue weighted by Gasteiger charge is 2.21. The fourth-order valence-corrected chi connectivity index (χ4v) is 1.01. The summed E-state index contributed by atoms with van der Waals surface area (Å²) in [6.07, 6.45) is -1.96. The third-order valence-electron chi connectivity index (χ3n) is 1.46. The summed E-state index contributed by atoms with van der Waals surface area (Å²) in [7, 11) is 0.705. The predicted molar refractivity (Wildman–Crippen MR) is 51.2 cm³/mol. The zero-order valence-corrected chi connectivity index (χ0v) is 9.08. The summed E-state index contributed by atoms with van der Waals surface area (Å²) in [5, 5.41) is 17.7. The maximum atomic E-state index is 10.3. The van der Waals surface area contributed by atoms with E-state index in [4.69, 9.17) is 32.6 Å². The molecule has 88 valence electrons. The van der Waals surface area contributed by atoms with Crippen LogP contribution in [0, 0.1) is 0 Å². The molecule has 0 fully saturated rings. The van der Waals surface area contributed by atoms with E-state index in [2.05, 4.69) is 4.52 Å². The summed E-state index contributed by atoms with van der Waals surface area (Å²) in [5.41, 5.74) is 0. The molecule has 0 aliphatic carbocycles. The molecule has 0 aromatic carbocycles. The Morgan fingerprint density at radius 2 is 2.00 bits per heavy atom. The van der Waals surface area contributed by atoms with Crippen molar-refractivity contribution in [1.29, 1.82) is 0 Å². The normalized spacial score (nSPS) is 18.5. The molecule has 15 heavy (non-hydrogen) atoms. The van der Waals surface area contributed by atoms with E-state index in [1.165, 1.54) is 6.92 Å². The van der Waals surface area contributed by atoms with Crippen LogP contribution in [0.4, 0.5) is 0 Å². The monoisotopic (exact) mass is 240 g/mol. The van der Waals surface area contributed by atoms with Gasteiger partial charge in [-0.25, -0.2) is 4.57 Å². The molecule has 0 amide bonds. The van der Waals surface area contributed by atoms with Crippen molar-refractivity contribution in [3.63, 3.8) is 0 Å². The van der Waals surface area contributed by atoms with Crippen LogP contribution in [0.25, 0.3) is 0 Å². The molecular weight excluding hydrogens is 226 g/mol. The zero-order valence-electron chi connectivity index (χ0n) is 8.18. The molecule has 0 aromatic heterocycles. The van der Waals surface area contributed by atoms with Gasteiger partial charge in [-0.05, 0) is 6.92 Å². The maximum Gasteiger partial charge on any atom is 0.469 e. The molecule has 0 saturated carbocycles. The van der Waals surface area contributed by atoms with E-state index in [9.17, 15) is 4.57 Å². The van der Waals surface area contributed by atoms with E-state index in [-0.39, 0.29) is 0 Å². The largest absolute Gasteiger partial charge is 0.469 e. The average molecular weight is 240 g/mol. The van der Waals surface area contributed by atoms with Crippen LogP contribution in [0.3, 0.4) is 0 Å². The molecule has 0 bridgehead atoms. The first-order valence-electron chi connectivity index (χ1n) is 4.16. The van der Waals surface area contributed by atoms with Crippen LogP contribution in [0.5, 0.6) is 0 Å². The van der Waals surface area contributed by atoms with Crippen molar-refractivity contribution in [3.8, 4) is 0 Å². The van der Waals surface area contributed by atoms with Crippen LogP contribution in [0.2, 0.25) is 0 Å². The molecule has 0 spiro atoms. The van der Waals surface area contributed by atoms with Gasteiger partial charge in [-0.1, -0.05) is 0 Å². The van der Waals surface area contributed by atoms with Crippen molar-refractivity contribution in [3.05, 3.63) is 0 Å². The topological polar surface area (TPSA) is 116 Å². The van der Waals surface area contributed by atoms with Gasteiger partial charge in [-0.2, -0.15) is 0 Å². The molecule has 3 atom stereocenters. The Bertz CT molecular complexity index is 218. The first-order valence-corrected chi connectivity index (χ1v) is 5.69. The van der Waals surface area contributed by atoms with E-state index in [1.807, 2.05) is 0 Å². The maximum absolute atomic E-state index is 10.3. The third-order valence-corrected chi connectivity index (χ3v) is 1.94. The molecular formula is C6H14BO7P. The molecule has 0 unspecified atom stereocenters. The van der Waals surface area contributed by atoms with Gasteiger partial charge in [0.05, 0.1) is 19.3 Å². The van der Waals surface area contributed by atoms with Gasteiger partial charge in [0.25, 0.3) is 0 Å². The van der Waals surface area contributed by atoms with Crippen LogP contribution < -0.4 is 0 Å². The molecule has 0 aromatic rings. The van der Waals surface area contributed by atoms with Crippen LogP contribution in [-0.2, 0) is 13.8 Å². The first-order chi connectivity index (χ1) is 6.76. The van der Waals surface area contributed by atoms with Crippen LogP contribution in [-0.4, -0.2) is 59.3 Å². The SMILES string of the molecule is [B][C@H](O[C@@H](CO)COP(=O)(O)O)[C@H](C)O. The van der Waals surface area contributed by atoms with Gasteiger partial charge in [0.1, 0.15) is 14.0 Å². The van der Waals surface area contributed by atoms with Gasteiger partial charge in [0.2, 0.25) is 0 Å². The second-order valence-corrected chi connectivity index (χ2v) is 4.17. The Kier molecular flexibility index (Phi) is 6.62. The third kappa shape index (κ3) is 7.92. The lowest BCUT2D eigenvalue weighted by atomic mass is 9.95. The van der Waals surface area contributed by atoms with Gasteiger partial charge in [0, 0.05) is 6.00 Å². The van der Waals surface area contributed by atoms with Crippen LogP contribution in [0.1, 0.15) is 6.92 Å². The minimum absolute atomic E-state index is 0.513. The van der Waals surface area contributed by atoms with Crippen molar-refractivity contribution in [2.24, 2.45) is 0 Å². The smallest absolute Gasteiger partial charge is 0.394 e. The Morgan fingerprint density at radius 3 is 2.33 bits per heavy atom. The van der Waals surface area contributed by atoms with E-state index >= 15 is 0 Å². The summed E-state index contributed by atoms with van der Waals surface area (Å²) in [4.78, 5) is 16.8. The van der Waals surface area contributed by atoms with Gasteiger partial charge in [-0.15, -0.1) is 0 Å². The summed E-state index contributed by atoms with van der Waals surface area (Å²) < 4.78 is 19.3. The van der Waals surface area contributed by atoms with Gasteiger partial charge < -0.3 is 24.7 Å². The van der Waals surface area contributed by atoms with Gasteiger partial charge in [0.15, 0.2) is 0 Å². The molecule has 0 heterocycles. The number of hydrogen-bond donors (Lipinski definition) is 4. The number of phosphoric acid groups is 1. The Labute approximate surface area is 88.7 Å². The lowest BCUT2D eigenvalue weighted by Crippen LogP contribution is -2.35. The highest BCUT2D eigenvalue weighted by atomic mass is 31.2. The molecule has 2 radical (unpaired) electrons. The predicted octanol–water partition coefficient (Wildman–Crippen LogP) is -1.65. The number of aliphatic hydroxyl groups excluding tert-OH is 2.